The maximum atomic E-state index is 2.00. The minimum Gasteiger partial charge on any atom is -0.214 e. The molecule has 0 N–H and O–H groups in total. The van der Waals surface area contributed by atoms with Crippen LogP contribution in [-0.2, 0) is 26.2 Å². The Kier molecular flexibility index (Phi) is 7.40. The Morgan fingerprint density at radius 3 is 0.909 bits per heavy atom. The van der Waals surface area contributed by atoms with Gasteiger partial charge in [-0.3, -0.25) is 0 Å². The van der Waals surface area contributed by atoms with Crippen LogP contribution in [0.5, 0.6) is 0 Å². The molecule has 2 aromatic rings. The van der Waals surface area contributed by atoms with Gasteiger partial charge in [-0.2, -0.15) is 36.4 Å². The first kappa shape index (κ1) is 10.6. The molecule has 1 heteroatoms. The van der Waals surface area contributed by atoms with E-state index in [2.05, 4.69) is 0 Å². The van der Waals surface area contributed by atoms with Crippen molar-refractivity contribution in [2.24, 2.45) is 0 Å². The van der Waals surface area contributed by atoms with Crippen LogP contribution < -0.4 is 0 Å². The first-order valence-corrected chi connectivity index (χ1v) is 3.33. The summed E-state index contributed by atoms with van der Waals surface area (Å²) in [6, 6.07) is 20.0. The minimum absolute atomic E-state index is 0. The van der Waals surface area contributed by atoms with E-state index in [0.717, 1.165) is 0 Å². The average molecular weight is 221 g/mol. The van der Waals surface area contributed by atoms with Gasteiger partial charge in [-0.1, -0.05) is 0 Å². The molecule has 0 heterocycles. The van der Waals surface area contributed by atoms with Crippen LogP contribution in [0, 0.1) is 0 Å². The minimum atomic E-state index is 0. The van der Waals surface area contributed by atoms with Crippen LogP contribution >= 0.6 is 0 Å². The fourth-order valence-corrected chi connectivity index (χ4v) is 0.642. The Morgan fingerprint density at radius 1 is 0.545 bits per heavy atom. The molecule has 0 aliphatic carbocycles. The molecule has 0 nitrogen and oxygen atoms in total. The number of hydrogen-bond acceptors (Lipinski definition) is 0. The monoisotopic (exact) mass is 220 g/mol. The van der Waals surface area contributed by atoms with E-state index in [4.69, 9.17) is 0 Å². The van der Waals surface area contributed by atoms with E-state index >= 15 is 0 Å². The largest absolute Gasteiger partial charge is 4.00 e. The maximum Gasteiger partial charge on any atom is 4.00 e. The van der Waals surface area contributed by atoms with Crippen molar-refractivity contribution < 1.29 is 26.2 Å². The van der Waals surface area contributed by atoms with Crippen molar-refractivity contribution in [1.29, 1.82) is 0 Å². The first-order chi connectivity index (χ1) is 5.00. The van der Waals surface area contributed by atoms with E-state index in [1.807, 2.05) is 60.7 Å². The molecule has 0 fully saturated rings. The van der Waals surface area contributed by atoms with Gasteiger partial charge in [0.25, 0.3) is 0 Å². The van der Waals surface area contributed by atoms with Gasteiger partial charge in [0, 0.05) is 0 Å². The molecular formula is C10H10Zr+2. The second-order valence-corrected chi connectivity index (χ2v) is 1.92. The molecule has 0 amide bonds. The zero-order valence-corrected chi connectivity index (χ0v) is 8.73. The molecule has 0 bridgehead atoms. The molecule has 0 atom stereocenters. The fraction of sp³-hybridized carbons (Fsp3) is 0. The summed E-state index contributed by atoms with van der Waals surface area (Å²) in [6.07, 6.45) is 0. The van der Waals surface area contributed by atoms with Crippen molar-refractivity contribution in [3.05, 3.63) is 60.7 Å². The van der Waals surface area contributed by atoms with Gasteiger partial charge in [-0.05, 0) is 0 Å². The van der Waals surface area contributed by atoms with Gasteiger partial charge in [-0.15, -0.1) is 0 Å². The molecular weight excluding hydrogens is 211 g/mol. The van der Waals surface area contributed by atoms with E-state index in [1.165, 1.54) is 0 Å². The van der Waals surface area contributed by atoms with Gasteiger partial charge in [-0.25, -0.2) is 24.3 Å². The van der Waals surface area contributed by atoms with Crippen molar-refractivity contribution in [3.63, 3.8) is 0 Å². The molecule has 0 aliphatic rings. The smallest absolute Gasteiger partial charge is 0.214 e. The van der Waals surface area contributed by atoms with Gasteiger partial charge in [0.15, 0.2) is 0 Å². The van der Waals surface area contributed by atoms with Crippen LogP contribution in [0.15, 0.2) is 60.7 Å². The molecule has 0 saturated carbocycles. The second-order valence-electron chi connectivity index (χ2n) is 1.92. The van der Waals surface area contributed by atoms with Crippen molar-refractivity contribution >= 4 is 0 Å². The van der Waals surface area contributed by atoms with E-state index in [1.54, 1.807) is 0 Å². The predicted molar refractivity (Wildman–Crippen MR) is 44.1 cm³/mol. The topological polar surface area (TPSA) is 0 Å². The summed E-state index contributed by atoms with van der Waals surface area (Å²) in [5.41, 5.74) is 0. The summed E-state index contributed by atoms with van der Waals surface area (Å²) < 4.78 is 0. The molecule has 11 heavy (non-hydrogen) atoms. The van der Waals surface area contributed by atoms with Crippen molar-refractivity contribution in [2.75, 3.05) is 0 Å². The third kappa shape index (κ3) is 6.00. The summed E-state index contributed by atoms with van der Waals surface area (Å²) in [6.45, 7) is 0. The summed E-state index contributed by atoms with van der Waals surface area (Å²) >= 11 is 0. The third-order valence-electron chi connectivity index (χ3n) is 1.11. The van der Waals surface area contributed by atoms with Crippen molar-refractivity contribution in [2.45, 2.75) is 0 Å². The SMILES string of the molecule is [Zr+4].c1cc[cH-]c1.c1cc[cH-]c1. The molecule has 0 spiro atoms. The first-order valence-electron chi connectivity index (χ1n) is 3.33. The Balaban J connectivity index is 0.000000167. The van der Waals surface area contributed by atoms with Gasteiger partial charge in [0.05, 0.1) is 0 Å². The Morgan fingerprint density at radius 2 is 0.818 bits per heavy atom. The average Bonchev–Trinajstić information content (AvgIpc) is 2.67. The van der Waals surface area contributed by atoms with Crippen LogP contribution in [0.4, 0.5) is 0 Å². The molecule has 0 radical (unpaired) electrons. The number of hydrogen-bond donors (Lipinski definition) is 0. The van der Waals surface area contributed by atoms with Crippen LogP contribution in [0.2, 0.25) is 0 Å². The van der Waals surface area contributed by atoms with E-state index in [0.29, 0.717) is 0 Å². The Labute approximate surface area is 86.7 Å². The third-order valence-corrected chi connectivity index (χ3v) is 1.11. The van der Waals surface area contributed by atoms with Crippen LogP contribution in [-0.4, -0.2) is 0 Å². The molecule has 0 aromatic heterocycles. The van der Waals surface area contributed by atoms with E-state index in [9.17, 15) is 0 Å². The Bertz CT molecular complexity index is 144. The van der Waals surface area contributed by atoms with Gasteiger partial charge in [0.2, 0.25) is 0 Å². The summed E-state index contributed by atoms with van der Waals surface area (Å²) in [4.78, 5) is 0. The molecule has 0 saturated heterocycles. The zero-order chi connectivity index (χ0) is 7.07. The summed E-state index contributed by atoms with van der Waals surface area (Å²) in [5, 5.41) is 0. The molecule has 0 unspecified atom stereocenters. The zero-order valence-electron chi connectivity index (χ0n) is 6.27. The van der Waals surface area contributed by atoms with E-state index in [-0.39, 0.29) is 26.2 Å². The van der Waals surface area contributed by atoms with Crippen LogP contribution in [0.1, 0.15) is 0 Å². The van der Waals surface area contributed by atoms with Gasteiger partial charge >= 0.3 is 26.2 Å². The van der Waals surface area contributed by atoms with Gasteiger partial charge in [0.1, 0.15) is 0 Å². The number of rotatable bonds is 0. The second kappa shape index (κ2) is 7.69. The molecule has 0 aliphatic heterocycles. The summed E-state index contributed by atoms with van der Waals surface area (Å²) in [5.74, 6) is 0. The Hall–Kier alpha value is -0.417. The van der Waals surface area contributed by atoms with Crippen molar-refractivity contribution in [1.82, 2.24) is 0 Å². The normalized spacial score (nSPS) is 7.27. The van der Waals surface area contributed by atoms with Crippen LogP contribution in [0.25, 0.3) is 0 Å². The van der Waals surface area contributed by atoms with Crippen molar-refractivity contribution in [3.8, 4) is 0 Å². The van der Waals surface area contributed by atoms with Crippen LogP contribution in [0.3, 0.4) is 0 Å². The summed E-state index contributed by atoms with van der Waals surface area (Å²) in [7, 11) is 0. The molecule has 2 rings (SSSR count). The molecule has 52 valence electrons. The van der Waals surface area contributed by atoms with Gasteiger partial charge < -0.3 is 0 Å². The van der Waals surface area contributed by atoms with E-state index < -0.39 is 0 Å². The fourth-order valence-electron chi connectivity index (χ4n) is 0.642. The predicted octanol–water partition coefficient (Wildman–Crippen LogP) is 2.81. The quantitative estimate of drug-likeness (QED) is 0.600. The standard InChI is InChI=1S/2C5H5.Zr/c2*1-2-4-5-3-1;/h2*1-5H;/q2*-1;+4. The molecule has 2 aromatic carbocycles. The maximum absolute atomic E-state index is 2.00.